The van der Waals surface area contributed by atoms with E-state index in [1.165, 1.54) is 0 Å². The van der Waals surface area contributed by atoms with Gasteiger partial charge in [-0.3, -0.25) is 14.9 Å². The lowest BCUT2D eigenvalue weighted by Gasteiger charge is -2.13. The van der Waals surface area contributed by atoms with E-state index in [1.807, 2.05) is 0 Å². The zero-order valence-electron chi connectivity index (χ0n) is 7.60. The molecular formula is C5H16ClN2O4P. The average Bonchev–Trinajstić information content (AvgIpc) is 1.98. The van der Waals surface area contributed by atoms with Crippen LogP contribution in [-0.4, -0.2) is 24.1 Å². The van der Waals surface area contributed by atoms with Crippen molar-refractivity contribution in [1.29, 1.82) is 0 Å². The lowest BCUT2D eigenvalue weighted by Crippen LogP contribution is -2.24. The van der Waals surface area contributed by atoms with Crippen LogP contribution in [0, 0.1) is 0 Å². The third-order valence-corrected chi connectivity index (χ3v) is 1.93. The van der Waals surface area contributed by atoms with Crippen LogP contribution >= 0.6 is 20.0 Å². The van der Waals surface area contributed by atoms with Crippen molar-refractivity contribution in [3.8, 4) is 0 Å². The molecule has 13 heavy (non-hydrogen) atoms. The smallest absolute Gasteiger partial charge is 0.354 e. The van der Waals surface area contributed by atoms with E-state index in [4.69, 9.17) is 15.5 Å². The van der Waals surface area contributed by atoms with Gasteiger partial charge in [0.1, 0.15) is 13.1 Å². The Morgan fingerprint density at radius 1 is 1.62 bits per heavy atom. The third-order valence-electron chi connectivity index (χ3n) is 0.921. The van der Waals surface area contributed by atoms with Crippen molar-refractivity contribution < 1.29 is 18.7 Å². The Morgan fingerprint density at radius 3 is 2.54 bits per heavy atom. The Hall–Kier alpha value is 0.320. The summed E-state index contributed by atoms with van der Waals surface area (Å²) >= 11 is 0. The lowest BCUT2D eigenvalue weighted by molar-refractivity contribution is 0.0937. The number of hydrogen-bond donors (Lipinski definition) is 3. The standard InChI is InChI=1S/C5H15N2O4P.ClH/c1-5(2)10-4-12(8,9)11-3-7-6;/h5,7H,3-4,6H2,1-2H3,(H,8,9);1H. The summed E-state index contributed by atoms with van der Waals surface area (Å²) in [6, 6.07) is 0. The number of halogens is 1. The van der Waals surface area contributed by atoms with Crippen LogP contribution in [-0.2, 0) is 13.8 Å². The first-order valence-corrected chi connectivity index (χ1v) is 5.25. The van der Waals surface area contributed by atoms with Gasteiger partial charge in [-0.15, -0.1) is 12.4 Å². The van der Waals surface area contributed by atoms with E-state index in [1.54, 1.807) is 13.8 Å². The highest BCUT2D eigenvalue weighted by Gasteiger charge is 2.19. The van der Waals surface area contributed by atoms with Crippen LogP contribution in [0.5, 0.6) is 0 Å². The zero-order chi connectivity index (χ0) is 9.61. The minimum absolute atomic E-state index is 0. The molecule has 6 nitrogen and oxygen atoms in total. The molecule has 0 saturated heterocycles. The molecule has 0 aliphatic heterocycles. The minimum atomic E-state index is -3.63. The second kappa shape index (κ2) is 7.70. The van der Waals surface area contributed by atoms with Gasteiger partial charge in [-0.25, -0.2) is 5.43 Å². The summed E-state index contributed by atoms with van der Waals surface area (Å²) in [5.74, 6) is 4.84. The second-order valence-electron chi connectivity index (χ2n) is 2.46. The van der Waals surface area contributed by atoms with Crippen LogP contribution < -0.4 is 11.3 Å². The largest absolute Gasteiger partial charge is 0.366 e. The summed E-state index contributed by atoms with van der Waals surface area (Å²) in [6.45, 7) is 3.36. The van der Waals surface area contributed by atoms with Gasteiger partial charge >= 0.3 is 7.60 Å². The summed E-state index contributed by atoms with van der Waals surface area (Å²) in [5.41, 5.74) is 2.10. The maximum Gasteiger partial charge on any atom is 0.354 e. The number of hydrazine groups is 1. The molecule has 0 aromatic carbocycles. The topological polar surface area (TPSA) is 93.8 Å². The molecule has 0 heterocycles. The molecule has 0 aliphatic rings. The summed E-state index contributed by atoms with van der Waals surface area (Å²) in [7, 11) is -3.63. The molecule has 0 fully saturated rings. The molecule has 0 bridgehead atoms. The van der Waals surface area contributed by atoms with Gasteiger partial charge in [-0.05, 0) is 13.8 Å². The van der Waals surface area contributed by atoms with E-state index < -0.39 is 7.60 Å². The van der Waals surface area contributed by atoms with Crippen LogP contribution in [0.4, 0.5) is 0 Å². The van der Waals surface area contributed by atoms with Gasteiger partial charge in [-0.1, -0.05) is 0 Å². The first-order chi connectivity index (χ1) is 5.48. The normalized spacial score (nSPS) is 15.2. The van der Waals surface area contributed by atoms with Gasteiger partial charge in [0.15, 0.2) is 0 Å². The van der Waals surface area contributed by atoms with Crippen molar-refractivity contribution in [3.63, 3.8) is 0 Å². The van der Waals surface area contributed by atoms with Crippen LogP contribution in [0.3, 0.4) is 0 Å². The summed E-state index contributed by atoms with van der Waals surface area (Å²) in [4.78, 5) is 9.01. The predicted molar refractivity (Wildman–Crippen MR) is 51.4 cm³/mol. The van der Waals surface area contributed by atoms with Crippen LogP contribution in [0.2, 0.25) is 0 Å². The van der Waals surface area contributed by atoms with Crippen molar-refractivity contribution in [2.24, 2.45) is 5.84 Å². The molecule has 0 rings (SSSR count). The molecule has 82 valence electrons. The molecular weight excluding hydrogens is 218 g/mol. The molecule has 0 aromatic heterocycles. The van der Waals surface area contributed by atoms with Crippen LogP contribution in [0.1, 0.15) is 13.8 Å². The van der Waals surface area contributed by atoms with E-state index in [9.17, 15) is 4.57 Å². The van der Waals surface area contributed by atoms with E-state index in [0.29, 0.717) is 0 Å². The maximum absolute atomic E-state index is 11.0. The van der Waals surface area contributed by atoms with E-state index in [0.717, 1.165) is 0 Å². The fourth-order valence-electron chi connectivity index (χ4n) is 0.419. The molecule has 1 atom stereocenters. The number of nitrogens with two attached hydrogens (primary N) is 1. The Labute approximate surface area is 83.7 Å². The van der Waals surface area contributed by atoms with Gasteiger partial charge in [-0.2, -0.15) is 0 Å². The second-order valence-corrected chi connectivity index (χ2v) is 4.25. The molecule has 4 N–H and O–H groups in total. The zero-order valence-corrected chi connectivity index (χ0v) is 9.31. The first-order valence-electron chi connectivity index (χ1n) is 3.49. The predicted octanol–water partition coefficient (Wildman–Crippen LogP) is 0.414. The maximum atomic E-state index is 11.0. The van der Waals surface area contributed by atoms with Crippen LogP contribution in [0.25, 0.3) is 0 Å². The van der Waals surface area contributed by atoms with E-state index in [-0.39, 0.29) is 31.6 Å². The van der Waals surface area contributed by atoms with Gasteiger partial charge in [0.05, 0.1) is 6.10 Å². The van der Waals surface area contributed by atoms with E-state index >= 15 is 0 Å². The summed E-state index contributed by atoms with van der Waals surface area (Å²) in [5, 5.41) is 0. The lowest BCUT2D eigenvalue weighted by atomic mass is 10.5. The van der Waals surface area contributed by atoms with Crippen molar-refractivity contribution in [2.75, 3.05) is 13.1 Å². The Bertz CT molecular complexity index is 169. The first kappa shape index (κ1) is 15.8. The van der Waals surface area contributed by atoms with Crippen molar-refractivity contribution >= 4 is 20.0 Å². The highest BCUT2D eigenvalue weighted by molar-refractivity contribution is 7.52. The number of nitrogens with one attached hydrogen (secondary N) is 1. The molecule has 8 heteroatoms. The van der Waals surface area contributed by atoms with Gasteiger partial charge in [0.2, 0.25) is 0 Å². The average molecular weight is 235 g/mol. The van der Waals surface area contributed by atoms with Crippen LogP contribution in [0.15, 0.2) is 0 Å². The molecule has 0 radical (unpaired) electrons. The van der Waals surface area contributed by atoms with Crippen molar-refractivity contribution in [3.05, 3.63) is 0 Å². The monoisotopic (exact) mass is 234 g/mol. The third kappa shape index (κ3) is 10.2. The van der Waals surface area contributed by atoms with Gasteiger partial charge < -0.3 is 9.63 Å². The fourth-order valence-corrected chi connectivity index (χ4v) is 1.26. The highest BCUT2D eigenvalue weighted by atomic mass is 35.5. The van der Waals surface area contributed by atoms with Gasteiger partial charge in [0.25, 0.3) is 0 Å². The quantitative estimate of drug-likeness (QED) is 0.267. The van der Waals surface area contributed by atoms with E-state index in [2.05, 4.69) is 9.95 Å². The Morgan fingerprint density at radius 2 is 2.15 bits per heavy atom. The minimum Gasteiger partial charge on any atom is -0.366 e. The Kier molecular flexibility index (Phi) is 9.34. The number of rotatable bonds is 6. The van der Waals surface area contributed by atoms with Crippen molar-refractivity contribution in [1.82, 2.24) is 5.43 Å². The summed E-state index contributed by atoms with van der Waals surface area (Å²) < 4.78 is 20.4. The number of ether oxygens (including phenoxy) is 1. The highest BCUT2D eigenvalue weighted by Crippen LogP contribution is 2.41. The van der Waals surface area contributed by atoms with Crippen molar-refractivity contribution in [2.45, 2.75) is 20.0 Å². The fraction of sp³-hybridized carbons (Fsp3) is 1.00. The Balaban J connectivity index is 0. The molecule has 0 spiro atoms. The molecule has 1 unspecified atom stereocenters. The number of hydrogen-bond acceptors (Lipinski definition) is 5. The van der Waals surface area contributed by atoms with Gasteiger partial charge in [0, 0.05) is 0 Å². The summed E-state index contributed by atoms with van der Waals surface area (Å²) in [6.07, 6.45) is -0.410. The molecule has 0 aliphatic carbocycles. The molecule has 0 amide bonds. The molecule has 0 saturated carbocycles. The SMILES string of the molecule is CC(C)OCP(=O)(O)OCNN.Cl. The molecule has 0 aromatic rings.